The van der Waals surface area contributed by atoms with Gasteiger partial charge in [0.2, 0.25) is 0 Å². The topological polar surface area (TPSA) is 64.9 Å². The van der Waals surface area contributed by atoms with Gasteiger partial charge < -0.3 is 10.6 Å². The van der Waals surface area contributed by atoms with E-state index in [1.165, 1.54) is 6.20 Å². The Morgan fingerprint density at radius 1 is 1.05 bits per heavy atom. The van der Waals surface area contributed by atoms with E-state index >= 15 is 0 Å². The minimum Gasteiger partial charge on any atom is -0.393 e. The lowest BCUT2D eigenvalue weighted by molar-refractivity contribution is -0.117. The van der Waals surface area contributed by atoms with Gasteiger partial charge in [0.25, 0.3) is 5.91 Å². The minimum atomic E-state index is -0.408. The molecule has 110 valence electrons. The van der Waals surface area contributed by atoms with E-state index in [9.17, 15) is 4.79 Å². The van der Waals surface area contributed by atoms with E-state index in [1.807, 2.05) is 66.7 Å². The normalized spacial score (nSPS) is 10.9. The van der Waals surface area contributed by atoms with Gasteiger partial charge in [-0.25, -0.2) is 0 Å². The zero-order valence-corrected chi connectivity index (χ0v) is 12.3. The number of carbonyl (C=O) groups is 1. The van der Waals surface area contributed by atoms with Crippen LogP contribution in [0.25, 0.3) is 0 Å². The molecule has 2 N–H and O–H groups in total. The Balaban J connectivity index is 2.33. The molecule has 0 fully saturated rings. The standard InChI is InChI=1S/C18H17N3O/c1-20-13-16(12-19)18(22)21-17(14-8-4-2-5-9-14)15-10-6-3-7-11-15/h2-11,13,17,20H,1H3,(H,21,22)/b16-13-. The van der Waals surface area contributed by atoms with Gasteiger partial charge in [-0.15, -0.1) is 0 Å². The van der Waals surface area contributed by atoms with Gasteiger partial charge in [-0.1, -0.05) is 60.7 Å². The molecule has 0 unspecified atom stereocenters. The van der Waals surface area contributed by atoms with E-state index in [1.54, 1.807) is 7.05 Å². The molecule has 0 saturated carbocycles. The Labute approximate surface area is 130 Å². The number of carbonyl (C=O) groups excluding carboxylic acids is 1. The number of nitriles is 1. The van der Waals surface area contributed by atoms with Crippen LogP contribution in [0.2, 0.25) is 0 Å². The second kappa shape index (κ2) is 7.65. The summed E-state index contributed by atoms with van der Waals surface area (Å²) in [4.78, 5) is 12.3. The first-order valence-electron chi connectivity index (χ1n) is 6.94. The molecule has 0 aliphatic rings. The van der Waals surface area contributed by atoms with Crippen LogP contribution in [0.3, 0.4) is 0 Å². The molecule has 1 amide bonds. The highest BCUT2D eigenvalue weighted by molar-refractivity contribution is 5.97. The first-order chi connectivity index (χ1) is 10.8. The number of hydrogen-bond acceptors (Lipinski definition) is 3. The van der Waals surface area contributed by atoms with Crippen molar-refractivity contribution >= 4 is 5.91 Å². The van der Waals surface area contributed by atoms with Crippen molar-refractivity contribution in [3.05, 3.63) is 83.6 Å². The summed E-state index contributed by atoms with van der Waals surface area (Å²) in [5.74, 6) is -0.408. The summed E-state index contributed by atoms with van der Waals surface area (Å²) in [6.07, 6.45) is 1.39. The molecule has 0 spiro atoms. The third kappa shape index (κ3) is 3.74. The predicted octanol–water partition coefficient (Wildman–Crippen LogP) is 2.52. The highest BCUT2D eigenvalue weighted by Crippen LogP contribution is 2.22. The maximum Gasteiger partial charge on any atom is 0.264 e. The van der Waals surface area contributed by atoms with Crippen LogP contribution in [0.5, 0.6) is 0 Å². The lowest BCUT2D eigenvalue weighted by Crippen LogP contribution is -2.30. The average molecular weight is 291 g/mol. The Bertz CT molecular complexity index is 648. The Kier molecular flexibility index (Phi) is 5.33. The van der Waals surface area contributed by atoms with Gasteiger partial charge in [0.1, 0.15) is 11.6 Å². The van der Waals surface area contributed by atoms with E-state index in [-0.39, 0.29) is 11.6 Å². The maximum absolute atomic E-state index is 12.3. The Morgan fingerprint density at radius 2 is 1.55 bits per heavy atom. The van der Waals surface area contributed by atoms with Gasteiger partial charge in [-0.2, -0.15) is 5.26 Å². The summed E-state index contributed by atoms with van der Waals surface area (Å²) in [7, 11) is 1.65. The Morgan fingerprint density at radius 3 is 1.95 bits per heavy atom. The summed E-state index contributed by atoms with van der Waals surface area (Å²) in [6, 6.07) is 20.9. The molecule has 22 heavy (non-hydrogen) atoms. The molecule has 0 heterocycles. The maximum atomic E-state index is 12.3. The molecule has 0 bridgehead atoms. The van der Waals surface area contributed by atoms with Crippen LogP contribution in [0.4, 0.5) is 0 Å². The molecule has 0 aromatic heterocycles. The van der Waals surface area contributed by atoms with Crippen molar-refractivity contribution in [3.8, 4) is 6.07 Å². The van der Waals surface area contributed by atoms with Crippen molar-refractivity contribution < 1.29 is 4.79 Å². The zero-order valence-electron chi connectivity index (χ0n) is 12.3. The third-order valence-corrected chi connectivity index (χ3v) is 3.19. The molecular weight excluding hydrogens is 274 g/mol. The van der Waals surface area contributed by atoms with E-state index in [0.717, 1.165) is 11.1 Å². The fourth-order valence-corrected chi connectivity index (χ4v) is 2.15. The molecular formula is C18H17N3O. The van der Waals surface area contributed by atoms with Crippen LogP contribution in [0.15, 0.2) is 72.4 Å². The highest BCUT2D eigenvalue weighted by atomic mass is 16.1. The fraction of sp³-hybridized carbons (Fsp3) is 0.111. The molecule has 4 heteroatoms. The molecule has 2 rings (SSSR count). The molecule has 0 radical (unpaired) electrons. The van der Waals surface area contributed by atoms with Crippen molar-refractivity contribution in [1.29, 1.82) is 5.26 Å². The SMILES string of the molecule is CN/C=C(/C#N)C(=O)NC(c1ccccc1)c1ccccc1. The van der Waals surface area contributed by atoms with Crippen molar-refractivity contribution in [2.75, 3.05) is 7.05 Å². The molecule has 0 atom stereocenters. The number of benzene rings is 2. The van der Waals surface area contributed by atoms with Gasteiger partial charge >= 0.3 is 0 Å². The van der Waals surface area contributed by atoms with Crippen LogP contribution in [-0.2, 0) is 4.79 Å². The molecule has 2 aromatic rings. The van der Waals surface area contributed by atoms with Crippen LogP contribution in [0.1, 0.15) is 17.2 Å². The van der Waals surface area contributed by atoms with Gasteiger partial charge in [0.05, 0.1) is 6.04 Å². The van der Waals surface area contributed by atoms with Crippen LogP contribution < -0.4 is 10.6 Å². The molecule has 0 aliphatic heterocycles. The van der Waals surface area contributed by atoms with Crippen LogP contribution in [0, 0.1) is 11.3 Å². The average Bonchev–Trinajstić information content (AvgIpc) is 2.59. The lowest BCUT2D eigenvalue weighted by Gasteiger charge is -2.19. The molecule has 0 saturated heterocycles. The van der Waals surface area contributed by atoms with Gasteiger partial charge in [0.15, 0.2) is 0 Å². The van der Waals surface area contributed by atoms with Crippen molar-refractivity contribution in [3.63, 3.8) is 0 Å². The van der Waals surface area contributed by atoms with Crippen molar-refractivity contribution in [2.45, 2.75) is 6.04 Å². The molecule has 2 aromatic carbocycles. The zero-order chi connectivity index (χ0) is 15.8. The predicted molar refractivity (Wildman–Crippen MR) is 85.6 cm³/mol. The van der Waals surface area contributed by atoms with Gasteiger partial charge in [-0.05, 0) is 11.1 Å². The van der Waals surface area contributed by atoms with Gasteiger partial charge in [0, 0.05) is 13.2 Å². The van der Waals surface area contributed by atoms with E-state index in [2.05, 4.69) is 10.6 Å². The summed E-state index contributed by atoms with van der Waals surface area (Å²) < 4.78 is 0. The van der Waals surface area contributed by atoms with E-state index < -0.39 is 5.91 Å². The summed E-state index contributed by atoms with van der Waals surface area (Å²) in [6.45, 7) is 0. The summed E-state index contributed by atoms with van der Waals surface area (Å²) in [5.41, 5.74) is 1.96. The number of nitrogens with one attached hydrogen (secondary N) is 2. The highest BCUT2D eigenvalue weighted by Gasteiger charge is 2.18. The molecule has 0 aliphatic carbocycles. The second-order valence-corrected chi connectivity index (χ2v) is 4.69. The molecule has 4 nitrogen and oxygen atoms in total. The minimum absolute atomic E-state index is 0.0411. The quantitative estimate of drug-likeness (QED) is 0.657. The first-order valence-corrected chi connectivity index (χ1v) is 6.94. The number of nitrogens with zero attached hydrogens (tertiary/aromatic N) is 1. The van der Waals surface area contributed by atoms with Gasteiger partial charge in [-0.3, -0.25) is 4.79 Å². The largest absolute Gasteiger partial charge is 0.393 e. The lowest BCUT2D eigenvalue weighted by atomic mass is 9.98. The van der Waals surface area contributed by atoms with Crippen LogP contribution in [-0.4, -0.2) is 13.0 Å². The number of hydrogen-bond donors (Lipinski definition) is 2. The van der Waals surface area contributed by atoms with Crippen molar-refractivity contribution in [2.24, 2.45) is 0 Å². The van der Waals surface area contributed by atoms with E-state index in [0.29, 0.717) is 0 Å². The fourth-order valence-electron chi connectivity index (χ4n) is 2.15. The smallest absolute Gasteiger partial charge is 0.264 e. The summed E-state index contributed by atoms with van der Waals surface area (Å²) in [5, 5.41) is 14.7. The number of amides is 1. The third-order valence-electron chi connectivity index (χ3n) is 3.19. The summed E-state index contributed by atoms with van der Waals surface area (Å²) >= 11 is 0. The number of rotatable bonds is 5. The second-order valence-electron chi connectivity index (χ2n) is 4.69. The first kappa shape index (κ1) is 15.3. The monoisotopic (exact) mass is 291 g/mol. The van der Waals surface area contributed by atoms with Crippen molar-refractivity contribution in [1.82, 2.24) is 10.6 Å². The van der Waals surface area contributed by atoms with E-state index in [4.69, 9.17) is 5.26 Å². The van der Waals surface area contributed by atoms with Crippen LogP contribution >= 0.6 is 0 Å². The Hall–Kier alpha value is -3.06.